The first-order valence-electron chi connectivity index (χ1n) is 10.2. The van der Waals surface area contributed by atoms with Crippen molar-refractivity contribution in [2.45, 2.75) is 85.5 Å². The molecule has 0 aromatic carbocycles. The lowest BCUT2D eigenvalue weighted by atomic mass is 9.45. The Kier molecular flexibility index (Phi) is 3.55. The van der Waals surface area contributed by atoms with Crippen molar-refractivity contribution in [3.05, 3.63) is 11.6 Å². The average molecular weight is 301 g/mol. The average Bonchev–Trinajstić information content (AvgIpc) is 2.82. The SMILES string of the molecule is CCC1=CC2CCC3C(CCC4(C)C3CC[C@@H]4C)C2(C)CC1. The summed E-state index contributed by atoms with van der Waals surface area (Å²) in [5.41, 5.74) is 3.08. The van der Waals surface area contributed by atoms with Crippen molar-refractivity contribution in [1.29, 1.82) is 0 Å². The van der Waals surface area contributed by atoms with Crippen LogP contribution in [0.2, 0.25) is 0 Å². The van der Waals surface area contributed by atoms with Crippen molar-refractivity contribution in [2.75, 3.05) is 0 Å². The first-order chi connectivity index (χ1) is 10.5. The van der Waals surface area contributed by atoms with Gasteiger partial charge in [0.2, 0.25) is 0 Å². The molecule has 0 nitrogen and oxygen atoms in total. The van der Waals surface area contributed by atoms with Crippen LogP contribution in [0.3, 0.4) is 0 Å². The standard InChI is InChI=1S/C22H36/c1-5-16-10-12-22(4)17(14-16)7-8-18-19-9-6-15(2)21(19,3)13-11-20(18)22/h14-15,17-20H,5-13H2,1-4H3/t15-,17?,18?,19?,20?,21?,22?/m0/s1. The van der Waals surface area contributed by atoms with E-state index >= 15 is 0 Å². The maximum atomic E-state index is 2.73. The normalized spacial score (nSPS) is 54.2. The summed E-state index contributed by atoms with van der Waals surface area (Å²) in [6, 6.07) is 0. The topological polar surface area (TPSA) is 0 Å². The van der Waals surface area contributed by atoms with E-state index in [1.807, 2.05) is 0 Å². The van der Waals surface area contributed by atoms with Crippen LogP contribution in [0.5, 0.6) is 0 Å². The molecule has 0 bridgehead atoms. The highest BCUT2D eigenvalue weighted by atomic mass is 14.6. The molecule has 0 radical (unpaired) electrons. The fourth-order valence-electron chi connectivity index (χ4n) is 7.49. The summed E-state index contributed by atoms with van der Waals surface area (Å²) < 4.78 is 0. The zero-order valence-corrected chi connectivity index (χ0v) is 15.3. The van der Waals surface area contributed by atoms with Crippen LogP contribution in [0.25, 0.3) is 0 Å². The highest BCUT2D eigenvalue weighted by molar-refractivity contribution is 5.17. The molecule has 124 valence electrons. The van der Waals surface area contributed by atoms with E-state index in [0.29, 0.717) is 10.8 Å². The highest BCUT2D eigenvalue weighted by Gasteiger charge is 2.58. The van der Waals surface area contributed by atoms with E-state index in [9.17, 15) is 0 Å². The van der Waals surface area contributed by atoms with E-state index in [2.05, 4.69) is 33.8 Å². The third-order valence-electron chi connectivity index (χ3n) is 9.29. The van der Waals surface area contributed by atoms with Gasteiger partial charge in [0.15, 0.2) is 0 Å². The van der Waals surface area contributed by atoms with Gasteiger partial charge in [0.1, 0.15) is 0 Å². The van der Waals surface area contributed by atoms with E-state index in [1.54, 1.807) is 5.57 Å². The molecule has 0 aromatic rings. The predicted molar refractivity (Wildman–Crippen MR) is 94.6 cm³/mol. The van der Waals surface area contributed by atoms with Crippen molar-refractivity contribution in [3.8, 4) is 0 Å². The Hall–Kier alpha value is -0.260. The molecular formula is C22H36. The van der Waals surface area contributed by atoms with Crippen molar-refractivity contribution >= 4 is 0 Å². The Morgan fingerprint density at radius 3 is 2.50 bits per heavy atom. The fourth-order valence-corrected chi connectivity index (χ4v) is 7.49. The lowest BCUT2D eigenvalue weighted by Gasteiger charge is -2.60. The van der Waals surface area contributed by atoms with Crippen LogP contribution in [0.1, 0.15) is 85.5 Å². The number of hydrogen-bond acceptors (Lipinski definition) is 0. The summed E-state index contributed by atoms with van der Waals surface area (Å²) in [4.78, 5) is 0. The summed E-state index contributed by atoms with van der Waals surface area (Å²) in [7, 11) is 0. The first-order valence-corrected chi connectivity index (χ1v) is 10.2. The summed E-state index contributed by atoms with van der Waals surface area (Å²) in [6.45, 7) is 10.2. The molecule has 4 aliphatic carbocycles. The molecule has 0 aromatic heterocycles. The summed E-state index contributed by atoms with van der Waals surface area (Å²) >= 11 is 0. The quantitative estimate of drug-likeness (QED) is 0.478. The largest absolute Gasteiger partial charge is 0.0817 e. The second-order valence-electron chi connectivity index (χ2n) is 9.77. The zero-order chi connectivity index (χ0) is 15.5. The molecule has 0 N–H and O–H groups in total. The molecule has 0 heterocycles. The Morgan fingerprint density at radius 1 is 0.955 bits per heavy atom. The molecular weight excluding hydrogens is 264 g/mol. The highest BCUT2D eigenvalue weighted by Crippen LogP contribution is 2.67. The van der Waals surface area contributed by atoms with Gasteiger partial charge in [-0.3, -0.25) is 0 Å². The number of allylic oxidation sites excluding steroid dienone is 2. The van der Waals surface area contributed by atoms with Crippen LogP contribution in [0.4, 0.5) is 0 Å². The second-order valence-corrected chi connectivity index (χ2v) is 9.77. The molecule has 0 aliphatic heterocycles. The van der Waals surface area contributed by atoms with Gasteiger partial charge in [0.05, 0.1) is 0 Å². The van der Waals surface area contributed by atoms with Crippen LogP contribution in [-0.4, -0.2) is 0 Å². The molecule has 0 amide bonds. The van der Waals surface area contributed by atoms with Gasteiger partial charge < -0.3 is 0 Å². The van der Waals surface area contributed by atoms with E-state index in [4.69, 9.17) is 0 Å². The van der Waals surface area contributed by atoms with Crippen molar-refractivity contribution in [3.63, 3.8) is 0 Å². The Bertz CT molecular complexity index is 474. The number of hydrogen-bond donors (Lipinski definition) is 0. The molecule has 4 rings (SSSR count). The van der Waals surface area contributed by atoms with Gasteiger partial charge in [-0.1, -0.05) is 39.3 Å². The minimum Gasteiger partial charge on any atom is -0.0817 e. The van der Waals surface area contributed by atoms with Crippen molar-refractivity contribution < 1.29 is 0 Å². The maximum Gasteiger partial charge on any atom is -0.0174 e. The van der Waals surface area contributed by atoms with Crippen molar-refractivity contribution in [2.24, 2.45) is 40.4 Å². The summed E-state index contributed by atoms with van der Waals surface area (Å²) in [5, 5.41) is 0. The molecule has 3 saturated carbocycles. The second kappa shape index (κ2) is 5.12. The van der Waals surface area contributed by atoms with Crippen LogP contribution < -0.4 is 0 Å². The van der Waals surface area contributed by atoms with Gasteiger partial charge in [0, 0.05) is 0 Å². The van der Waals surface area contributed by atoms with Crippen LogP contribution in [-0.2, 0) is 0 Å². The third kappa shape index (κ3) is 1.94. The zero-order valence-electron chi connectivity index (χ0n) is 15.3. The third-order valence-corrected chi connectivity index (χ3v) is 9.29. The van der Waals surface area contributed by atoms with Crippen molar-refractivity contribution in [1.82, 2.24) is 0 Å². The van der Waals surface area contributed by atoms with Gasteiger partial charge in [-0.25, -0.2) is 0 Å². The lowest BCUT2D eigenvalue weighted by molar-refractivity contribution is -0.0898. The molecule has 7 atom stereocenters. The summed E-state index contributed by atoms with van der Waals surface area (Å²) in [6.07, 6.45) is 16.0. The van der Waals surface area contributed by atoms with Crippen LogP contribution in [0, 0.1) is 40.4 Å². The fraction of sp³-hybridized carbons (Fsp3) is 0.909. The Balaban J connectivity index is 1.63. The lowest BCUT2D eigenvalue weighted by Crippen LogP contribution is -2.52. The van der Waals surface area contributed by atoms with Crippen LogP contribution >= 0.6 is 0 Å². The monoisotopic (exact) mass is 300 g/mol. The number of rotatable bonds is 1. The first kappa shape index (κ1) is 15.3. The van der Waals surface area contributed by atoms with Gasteiger partial charge in [-0.2, -0.15) is 0 Å². The molecule has 3 fully saturated rings. The molecule has 22 heavy (non-hydrogen) atoms. The van der Waals surface area contributed by atoms with Gasteiger partial charge >= 0.3 is 0 Å². The predicted octanol–water partition coefficient (Wildman–Crippen LogP) is 6.61. The van der Waals surface area contributed by atoms with E-state index in [-0.39, 0.29) is 0 Å². The molecule has 0 spiro atoms. The maximum absolute atomic E-state index is 2.73. The minimum atomic E-state index is 0.634. The summed E-state index contributed by atoms with van der Waals surface area (Å²) in [5.74, 6) is 5.02. The van der Waals surface area contributed by atoms with E-state index in [1.165, 1.54) is 57.8 Å². The van der Waals surface area contributed by atoms with E-state index < -0.39 is 0 Å². The van der Waals surface area contributed by atoms with Gasteiger partial charge in [-0.15, -0.1) is 0 Å². The van der Waals surface area contributed by atoms with E-state index in [0.717, 1.165) is 29.6 Å². The molecule has 0 saturated heterocycles. The van der Waals surface area contributed by atoms with Gasteiger partial charge in [0.25, 0.3) is 0 Å². The van der Waals surface area contributed by atoms with Gasteiger partial charge in [-0.05, 0) is 98.2 Å². The van der Waals surface area contributed by atoms with Crippen LogP contribution in [0.15, 0.2) is 11.6 Å². The Labute approximate surface area is 138 Å². The molecule has 0 heteroatoms. The Morgan fingerprint density at radius 2 is 1.73 bits per heavy atom. The smallest absolute Gasteiger partial charge is 0.0174 e. The molecule has 6 unspecified atom stereocenters. The minimum absolute atomic E-state index is 0.634. The molecule has 4 aliphatic rings. The number of fused-ring (bicyclic) bond motifs is 5.